The molecule has 4 N–H and O–H groups in total. The molecule has 1 aliphatic rings. The number of nitrogens with zero attached hydrogens (tertiary/aromatic N) is 1. The summed E-state index contributed by atoms with van der Waals surface area (Å²) in [4.78, 5) is 12.4. The number of benzene rings is 1. The van der Waals surface area contributed by atoms with Gasteiger partial charge in [-0.05, 0) is 42.7 Å². The molecule has 1 fully saturated rings. The molecule has 7 nitrogen and oxygen atoms in total. The first-order chi connectivity index (χ1) is 12.6. The lowest BCUT2D eigenvalue weighted by Gasteiger charge is -2.18. The molecule has 1 aliphatic carbocycles. The molecule has 146 valence electrons. The second-order valence-corrected chi connectivity index (χ2v) is 9.23. The Labute approximate surface area is 159 Å². The first-order valence-corrected chi connectivity index (χ1v) is 10.4. The van der Waals surface area contributed by atoms with Crippen LogP contribution in [0.4, 0.5) is 17.2 Å². The highest BCUT2D eigenvalue weighted by Gasteiger charge is 2.56. The Hall–Kier alpha value is -2.16. The van der Waals surface area contributed by atoms with Crippen molar-refractivity contribution in [2.45, 2.75) is 32.4 Å². The van der Waals surface area contributed by atoms with Crippen LogP contribution < -0.4 is 15.6 Å². The molecule has 0 saturated heterocycles. The van der Waals surface area contributed by atoms with Gasteiger partial charge in [0.15, 0.2) is 5.25 Å². The summed E-state index contributed by atoms with van der Waals surface area (Å²) in [5, 5.41) is 11.9. The van der Waals surface area contributed by atoms with Crippen LogP contribution in [-0.2, 0) is 21.7 Å². The van der Waals surface area contributed by atoms with Crippen molar-refractivity contribution >= 4 is 27.6 Å². The van der Waals surface area contributed by atoms with Gasteiger partial charge in [-0.3, -0.25) is 9.36 Å². The summed E-state index contributed by atoms with van der Waals surface area (Å²) in [7, 11) is -1.77. The molecule has 27 heavy (non-hydrogen) atoms. The zero-order valence-corrected chi connectivity index (χ0v) is 16.8. The van der Waals surface area contributed by atoms with Crippen LogP contribution >= 0.6 is 0 Å². The first-order valence-electron chi connectivity index (χ1n) is 8.83. The molecule has 1 aromatic heterocycles. The van der Waals surface area contributed by atoms with Crippen LogP contribution in [0.25, 0.3) is 0 Å². The number of aliphatic hydroxyl groups is 1. The van der Waals surface area contributed by atoms with Crippen LogP contribution in [0.5, 0.6) is 0 Å². The fraction of sp³-hybridized carbons (Fsp3) is 0.421. The van der Waals surface area contributed by atoms with E-state index in [2.05, 4.69) is 10.0 Å². The topological polar surface area (TPSA) is 104 Å². The van der Waals surface area contributed by atoms with E-state index in [0.29, 0.717) is 23.5 Å². The lowest BCUT2D eigenvalue weighted by atomic mass is 10.1. The third-order valence-electron chi connectivity index (χ3n) is 4.99. The number of hydrogen-bond donors (Lipinski definition) is 4. The molecule has 3 rings (SSSR count). The fourth-order valence-corrected chi connectivity index (χ4v) is 4.98. The molecular formula is C19H26N3O4S+. The van der Waals surface area contributed by atoms with E-state index in [1.165, 1.54) is 4.57 Å². The third kappa shape index (κ3) is 3.92. The fourth-order valence-electron chi connectivity index (χ4n) is 3.24. The van der Waals surface area contributed by atoms with Gasteiger partial charge in [0.2, 0.25) is 0 Å². The maximum absolute atomic E-state index is 12.7. The Kier molecular flexibility index (Phi) is 5.16. The van der Waals surface area contributed by atoms with Crippen LogP contribution in [-0.4, -0.2) is 26.1 Å². The molecule has 0 bridgehead atoms. The van der Waals surface area contributed by atoms with E-state index >= 15 is 0 Å². The van der Waals surface area contributed by atoms with Gasteiger partial charge in [0.05, 0.1) is 6.61 Å². The first kappa shape index (κ1) is 19.6. The van der Waals surface area contributed by atoms with E-state index < -0.39 is 15.6 Å². The van der Waals surface area contributed by atoms with Crippen molar-refractivity contribution in [3.63, 3.8) is 0 Å². The van der Waals surface area contributed by atoms with Crippen LogP contribution in [0.3, 0.4) is 0 Å². The lowest BCUT2D eigenvalue weighted by Crippen LogP contribution is -2.30. The summed E-state index contributed by atoms with van der Waals surface area (Å²) in [6.07, 6.45) is 0.503. The Morgan fingerprint density at radius 2 is 1.89 bits per heavy atom. The standard InChI is InChI=1S/C19H25N3O4S/c1-11-5-6-15(12(2)7-11)20-18-16(8-13(3)19(24)22(18)4)21-27(25,26)17-9-14(17)10-23/h5-8,14,17,23H,9-10H2,1-4H3,(H2-,20,21,24,25,26)/p+1. The monoisotopic (exact) mass is 392 g/mol. The van der Waals surface area contributed by atoms with E-state index in [4.69, 9.17) is 0 Å². The number of rotatable bonds is 6. The van der Waals surface area contributed by atoms with Crippen LogP contribution in [0.15, 0.2) is 29.1 Å². The minimum atomic E-state index is -3.39. The van der Waals surface area contributed by atoms with Crippen LogP contribution in [0.2, 0.25) is 0 Å². The van der Waals surface area contributed by atoms with Crippen molar-refractivity contribution < 1.29 is 13.9 Å². The van der Waals surface area contributed by atoms with Crippen molar-refractivity contribution in [1.82, 2.24) is 4.57 Å². The minimum absolute atomic E-state index is 0.107. The van der Waals surface area contributed by atoms with Gasteiger partial charge in [0.1, 0.15) is 11.5 Å². The largest absolute Gasteiger partial charge is 0.396 e. The van der Waals surface area contributed by atoms with Gasteiger partial charge < -0.3 is 10.4 Å². The van der Waals surface area contributed by atoms with Gasteiger partial charge in [-0.1, -0.05) is 17.7 Å². The van der Waals surface area contributed by atoms with E-state index in [0.717, 1.165) is 16.8 Å². The van der Waals surface area contributed by atoms with Crippen molar-refractivity contribution in [3.8, 4) is 0 Å². The zero-order valence-electron chi connectivity index (χ0n) is 15.9. The molecule has 0 spiro atoms. The number of nitrogens with one attached hydrogen (secondary N) is 2. The van der Waals surface area contributed by atoms with Crippen molar-refractivity contribution in [1.29, 1.82) is 0 Å². The van der Waals surface area contributed by atoms with Gasteiger partial charge in [-0.15, -0.1) is 0 Å². The van der Waals surface area contributed by atoms with Gasteiger partial charge in [-0.2, -0.15) is 9.27 Å². The van der Waals surface area contributed by atoms with Crippen LogP contribution in [0.1, 0.15) is 23.1 Å². The molecule has 1 heterocycles. The summed E-state index contributed by atoms with van der Waals surface area (Å²) in [6.45, 7) is 5.52. The second kappa shape index (κ2) is 7.10. The predicted molar refractivity (Wildman–Crippen MR) is 109 cm³/mol. The molecular weight excluding hydrogens is 366 g/mol. The van der Waals surface area contributed by atoms with Crippen molar-refractivity contribution in [2.75, 3.05) is 16.6 Å². The van der Waals surface area contributed by atoms with Gasteiger partial charge >= 0.3 is 10.4 Å². The normalized spacial score (nSPS) is 20.8. The van der Waals surface area contributed by atoms with Gasteiger partial charge in [-0.25, -0.2) is 0 Å². The summed E-state index contributed by atoms with van der Waals surface area (Å²) >= 11 is 0. The third-order valence-corrected chi connectivity index (χ3v) is 6.90. The number of aryl methyl sites for hydroxylation is 3. The quantitative estimate of drug-likeness (QED) is 0.566. The van der Waals surface area contributed by atoms with E-state index in [-0.39, 0.29) is 18.1 Å². The van der Waals surface area contributed by atoms with Crippen molar-refractivity contribution in [2.24, 2.45) is 13.0 Å². The summed E-state index contributed by atoms with van der Waals surface area (Å²) < 4.78 is 27.3. The highest BCUT2D eigenvalue weighted by Crippen LogP contribution is 2.41. The maximum Gasteiger partial charge on any atom is 0.314 e. The number of anilines is 3. The highest BCUT2D eigenvalue weighted by atomic mass is 32.3. The Morgan fingerprint density at radius 3 is 2.48 bits per heavy atom. The summed E-state index contributed by atoms with van der Waals surface area (Å²) in [5.74, 6) is 0.250. The molecule has 1 saturated carbocycles. The van der Waals surface area contributed by atoms with E-state index in [9.17, 15) is 18.7 Å². The molecule has 0 aliphatic heterocycles. The second-order valence-electron chi connectivity index (χ2n) is 7.28. The Balaban J connectivity index is 2.01. The smallest absolute Gasteiger partial charge is 0.314 e. The molecule has 3 unspecified atom stereocenters. The highest BCUT2D eigenvalue weighted by molar-refractivity contribution is 7.99. The van der Waals surface area contributed by atoms with Crippen LogP contribution in [0, 0.1) is 26.7 Å². The molecule has 8 heteroatoms. The van der Waals surface area contributed by atoms with Gasteiger partial charge in [0.25, 0.3) is 5.56 Å². The number of hydrogen-bond acceptors (Lipinski definition) is 4. The number of aliphatic hydroxyl groups excluding tert-OH is 1. The average molecular weight is 393 g/mol. The summed E-state index contributed by atoms with van der Waals surface area (Å²) in [6, 6.07) is 7.48. The maximum atomic E-state index is 12.7. The number of pyridine rings is 1. The molecule has 1 aromatic carbocycles. The average Bonchev–Trinajstić information content (AvgIpc) is 3.39. The van der Waals surface area contributed by atoms with E-state index in [1.807, 2.05) is 32.0 Å². The Morgan fingerprint density at radius 1 is 1.19 bits per heavy atom. The zero-order chi connectivity index (χ0) is 19.9. The minimum Gasteiger partial charge on any atom is -0.396 e. The van der Waals surface area contributed by atoms with Crippen molar-refractivity contribution in [3.05, 3.63) is 51.3 Å². The molecule has 0 amide bonds. The lowest BCUT2D eigenvalue weighted by molar-refractivity contribution is 0.276. The van der Waals surface area contributed by atoms with E-state index in [1.54, 1.807) is 20.0 Å². The molecule has 2 aromatic rings. The SMILES string of the molecule is Cc1ccc(Nc2c(N[S+](=O)(O)C3CC3CO)cc(C)c(=O)n2C)c(C)c1. The molecule has 3 atom stereocenters. The predicted octanol–water partition coefficient (Wildman–Crippen LogP) is 2.73. The summed E-state index contributed by atoms with van der Waals surface area (Å²) in [5.41, 5.74) is 3.60. The number of aromatic nitrogens is 1. The van der Waals surface area contributed by atoms with Gasteiger partial charge in [0, 0.05) is 30.6 Å². The molecule has 0 radical (unpaired) electrons. The Bertz CT molecular complexity index is 986.